The minimum atomic E-state index is -1.17. The molecule has 0 amide bonds. The molecule has 0 radical (unpaired) electrons. The predicted molar refractivity (Wildman–Crippen MR) is 98.8 cm³/mol. The minimum Gasteiger partial charge on any atom is -0.478 e. The summed E-state index contributed by atoms with van der Waals surface area (Å²) < 4.78 is 4.45. The van der Waals surface area contributed by atoms with Crippen LogP contribution in [0, 0.1) is 0 Å². The number of benzene rings is 1. The molecule has 0 aliphatic rings. The number of esters is 1. The van der Waals surface area contributed by atoms with Crippen LogP contribution in [0.2, 0.25) is 0 Å². The molecule has 0 atom stereocenters. The zero-order chi connectivity index (χ0) is 18.9. The molecule has 0 saturated heterocycles. The summed E-state index contributed by atoms with van der Waals surface area (Å²) in [6.07, 6.45) is 11.5. The molecule has 1 rings (SSSR count). The fourth-order valence-corrected chi connectivity index (χ4v) is 1.34. The number of carboxylic acid groups (broad SMARTS) is 1. The lowest BCUT2D eigenvalue weighted by molar-refractivity contribution is -0.139. The van der Waals surface area contributed by atoms with Gasteiger partial charge in [-0.2, -0.15) is 0 Å². The zero-order valence-corrected chi connectivity index (χ0v) is 13.9. The van der Waals surface area contributed by atoms with Crippen molar-refractivity contribution in [2.45, 2.75) is 0 Å². The Hall–Kier alpha value is -3.18. The molecule has 0 unspecified atom stereocenters. The summed E-state index contributed by atoms with van der Waals surface area (Å²) >= 11 is 0. The predicted octanol–water partition coefficient (Wildman–Crippen LogP) is 3.16. The molecule has 0 fully saturated rings. The number of carbonyl (C=O) groups is 2. The Kier molecular flexibility index (Phi) is 12.6. The highest BCUT2D eigenvalue weighted by atomic mass is 16.5. The van der Waals surface area contributed by atoms with Gasteiger partial charge in [0.15, 0.2) is 0 Å². The summed E-state index contributed by atoms with van der Waals surface area (Å²) in [6, 6.07) is 10.2. The van der Waals surface area contributed by atoms with Crippen LogP contribution in [0.15, 0.2) is 85.5 Å². The van der Waals surface area contributed by atoms with Gasteiger partial charge >= 0.3 is 11.9 Å². The summed E-state index contributed by atoms with van der Waals surface area (Å²) in [5, 5.41) is 16.5. The monoisotopic (exact) mass is 342 g/mol. The molecule has 5 nitrogen and oxygen atoms in total. The number of hydrogen-bond donors (Lipinski definition) is 2. The van der Waals surface area contributed by atoms with Gasteiger partial charge in [0.05, 0.1) is 12.2 Å². The molecule has 132 valence electrons. The number of hydrogen-bond acceptors (Lipinski definition) is 4. The van der Waals surface area contributed by atoms with E-state index in [4.69, 9.17) is 10.2 Å². The number of carbonyl (C=O) groups excluding carboxylic acids is 1. The first-order valence-electron chi connectivity index (χ1n) is 7.40. The molecule has 0 bridgehead atoms. The molecule has 5 heteroatoms. The molecule has 2 N–H and O–H groups in total. The quantitative estimate of drug-likeness (QED) is 0.431. The standard InChI is InChI=1S/C12H12.C8H10O5/c1-2-3-4-6-9-12-10-7-5-8-11-12;1-6(2-3-7(10)11)8(12)13-5-4-9/h2-11H,1H2;2-3,9H,1,4-5H2,(H,10,11). The fraction of sp³-hybridized carbons (Fsp3) is 0.100. The Bertz CT molecular complexity index is 639. The number of aliphatic hydroxyl groups is 1. The van der Waals surface area contributed by atoms with Crippen molar-refractivity contribution in [3.8, 4) is 0 Å². The summed E-state index contributed by atoms with van der Waals surface area (Å²) in [7, 11) is 0. The van der Waals surface area contributed by atoms with Crippen molar-refractivity contribution >= 4 is 18.0 Å². The van der Waals surface area contributed by atoms with Gasteiger partial charge in [0, 0.05) is 6.08 Å². The van der Waals surface area contributed by atoms with Crippen molar-refractivity contribution in [2.24, 2.45) is 0 Å². The summed E-state index contributed by atoms with van der Waals surface area (Å²) in [4.78, 5) is 20.9. The largest absolute Gasteiger partial charge is 0.478 e. The van der Waals surface area contributed by atoms with Crippen molar-refractivity contribution in [2.75, 3.05) is 13.2 Å². The maximum absolute atomic E-state index is 10.8. The van der Waals surface area contributed by atoms with E-state index in [1.54, 1.807) is 6.08 Å². The van der Waals surface area contributed by atoms with E-state index in [2.05, 4.69) is 36.1 Å². The van der Waals surface area contributed by atoms with Crippen LogP contribution >= 0.6 is 0 Å². The molecule has 0 saturated carbocycles. The van der Waals surface area contributed by atoms with Crippen LogP contribution in [0.5, 0.6) is 0 Å². The lowest BCUT2D eigenvalue weighted by Crippen LogP contribution is -2.09. The maximum Gasteiger partial charge on any atom is 0.337 e. The van der Waals surface area contributed by atoms with E-state index < -0.39 is 11.9 Å². The Morgan fingerprint density at radius 1 is 1.08 bits per heavy atom. The first kappa shape index (κ1) is 21.8. The highest BCUT2D eigenvalue weighted by Crippen LogP contribution is 2.00. The Labute approximate surface area is 147 Å². The normalized spacial score (nSPS) is 10.4. The van der Waals surface area contributed by atoms with E-state index in [0.717, 1.165) is 12.2 Å². The van der Waals surface area contributed by atoms with Gasteiger partial charge in [-0.1, -0.05) is 73.9 Å². The number of aliphatic carboxylic acids is 1. The average molecular weight is 342 g/mol. The lowest BCUT2D eigenvalue weighted by atomic mass is 10.2. The van der Waals surface area contributed by atoms with E-state index in [0.29, 0.717) is 0 Å². The first-order chi connectivity index (χ1) is 12.0. The SMILES string of the molecule is C=C(C=CC(=O)O)C(=O)OCCO.C=CC=CC=Cc1ccccc1. The number of rotatable bonds is 8. The highest BCUT2D eigenvalue weighted by Gasteiger charge is 2.04. The van der Waals surface area contributed by atoms with E-state index in [1.165, 1.54) is 5.56 Å². The highest BCUT2D eigenvalue weighted by molar-refractivity contribution is 5.93. The van der Waals surface area contributed by atoms with E-state index in [-0.39, 0.29) is 18.8 Å². The number of carboxylic acids is 1. The Morgan fingerprint density at radius 2 is 1.76 bits per heavy atom. The van der Waals surface area contributed by atoms with Gasteiger partial charge in [0.1, 0.15) is 6.61 Å². The smallest absolute Gasteiger partial charge is 0.337 e. The molecule has 1 aromatic rings. The van der Waals surface area contributed by atoms with E-state index >= 15 is 0 Å². The molecular formula is C20H22O5. The van der Waals surface area contributed by atoms with Crippen molar-refractivity contribution < 1.29 is 24.5 Å². The first-order valence-corrected chi connectivity index (χ1v) is 7.40. The average Bonchev–Trinajstić information content (AvgIpc) is 2.62. The Balaban J connectivity index is 0.000000462. The van der Waals surface area contributed by atoms with Crippen LogP contribution in [0.3, 0.4) is 0 Å². The van der Waals surface area contributed by atoms with Crippen LogP contribution < -0.4 is 0 Å². The van der Waals surface area contributed by atoms with E-state index in [1.807, 2.05) is 36.4 Å². The van der Waals surface area contributed by atoms with Crippen molar-refractivity contribution in [1.29, 1.82) is 0 Å². The van der Waals surface area contributed by atoms with Gasteiger partial charge < -0.3 is 14.9 Å². The van der Waals surface area contributed by atoms with Crippen LogP contribution in [-0.2, 0) is 14.3 Å². The topological polar surface area (TPSA) is 83.8 Å². The summed E-state index contributed by atoms with van der Waals surface area (Å²) in [6.45, 7) is 6.46. The van der Waals surface area contributed by atoms with Crippen molar-refractivity contribution in [3.63, 3.8) is 0 Å². The molecule has 25 heavy (non-hydrogen) atoms. The second kappa shape index (κ2) is 14.4. The third-order valence-corrected chi connectivity index (χ3v) is 2.46. The van der Waals surface area contributed by atoms with Crippen LogP contribution in [-0.4, -0.2) is 35.4 Å². The van der Waals surface area contributed by atoms with Gasteiger partial charge in [0.2, 0.25) is 0 Å². The van der Waals surface area contributed by atoms with E-state index in [9.17, 15) is 9.59 Å². The van der Waals surface area contributed by atoms with Gasteiger partial charge in [-0.3, -0.25) is 0 Å². The van der Waals surface area contributed by atoms with Crippen molar-refractivity contribution in [1.82, 2.24) is 0 Å². The number of aliphatic hydroxyl groups excluding tert-OH is 1. The second-order valence-electron chi connectivity index (χ2n) is 4.45. The molecular weight excluding hydrogens is 320 g/mol. The zero-order valence-electron chi connectivity index (χ0n) is 13.9. The number of allylic oxidation sites excluding steroid dienone is 4. The van der Waals surface area contributed by atoms with Crippen LogP contribution in [0.25, 0.3) is 6.08 Å². The van der Waals surface area contributed by atoms with Gasteiger partial charge in [0.25, 0.3) is 0 Å². The van der Waals surface area contributed by atoms with Crippen molar-refractivity contribution in [3.05, 3.63) is 91.1 Å². The Morgan fingerprint density at radius 3 is 2.32 bits per heavy atom. The molecule has 0 heterocycles. The van der Waals surface area contributed by atoms with Gasteiger partial charge in [-0.25, -0.2) is 9.59 Å². The van der Waals surface area contributed by atoms with Gasteiger partial charge in [-0.15, -0.1) is 0 Å². The summed E-state index contributed by atoms with van der Waals surface area (Å²) in [5.74, 6) is -1.91. The molecule has 0 aliphatic carbocycles. The summed E-state index contributed by atoms with van der Waals surface area (Å²) in [5.41, 5.74) is 1.14. The maximum atomic E-state index is 10.8. The lowest BCUT2D eigenvalue weighted by Gasteiger charge is -2.00. The number of ether oxygens (including phenoxy) is 1. The third kappa shape index (κ3) is 13.0. The van der Waals surface area contributed by atoms with Gasteiger partial charge in [-0.05, 0) is 11.6 Å². The minimum absolute atomic E-state index is 0.0733. The third-order valence-electron chi connectivity index (χ3n) is 2.46. The fourth-order valence-electron chi connectivity index (χ4n) is 1.34. The molecule has 1 aromatic carbocycles. The molecule has 0 spiro atoms. The van der Waals surface area contributed by atoms with Crippen LogP contribution in [0.4, 0.5) is 0 Å². The molecule has 0 aromatic heterocycles. The molecule has 0 aliphatic heterocycles. The second-order valence-corrected chi connectivity index (χ2v) is 4.45. The van der Waals surface area contributed by atoms with Crippen LogP contribution in [0.1, 0.15) is 5.56 Å².